The van der Waals surface area contributed by atoms with E-state index in [1.54, 1.807) is 25.1 Å². The molecule has 0 saturated carbocycles. The molecule has 0 fully saturated rings. The number of nitrogens with two attached hydrogens (primary N) is 1. The van der Waals surface area contributed by atoms with Crippen LogP contribution in [0.1, 0.15) is 24.9 Å². The molecule has 0 aliphatic carbocycles. The van der Waals surface area contributed by atoms with E-state index >= 15 is 0 Å². The van der Waals surface area contributed by atoms with E-state index in [1.165, 1.54) is 6.26 Å². The summed E-state index contributed by atoms with van der Waals surface area (Å²) in [5, 5.41) is 0. The molecule has 0 heterocycles. The summed E-state index contributed by atoms with van der Waals surface area (Å²) in [7, 11) is -3.17. The molecular weight excluding hydrogens is 222 g/mol. The second-order valence-electron chi connectivity index (χ2n) is 3.58. The Hall–Kier alpha value is -1.31. The summed E-state index contributed by atoms with van der Waals surface area (Å²) in [6, 6.07) is 6.45. The minimum absolute atomic E-state index is 0.242. The summed E-state index contributed by atoms with van der Waals surface area (Å²) < 4.78 is 22.7. The molecular formula is C12H15NO2S. The average molecular weight is 237 g/mol. The van der Waals surface area contributed by atoms with Gasteiger partial charge in [0.25, 0.3) is 0 Å². The molecule has 16 heavy (non-hydrogen) atoms. The van der Waals surface area contributed by atoms with Crippen molar-refractivity contribution in [2.45, 2.75) is 24.3 Å². The van der Waals surface area contributed by atoms with Gasteiger partial charge in [-0.3, -0.25) is 0 Å². The van der Waals surface area contributed by atoms with Gasteiger partial charge in [-0.2, -0.15) is 0 Å². The van der Waals surface area contributed by atoms with E-state index in [2.05, 4.69) is 11.8 Å². The van der Waals surface area contributed by atoms with Crippen LogP contribution >= 0.6 is 0 Å². The van der Waals surface area contributed by atoms with Crippen LogP contribution in [0, 0.1) is 11.8 Å². The maximum absolute atomic E-state index is 11.4. The second kappa shape index (κ2) is 5.15. The Morgan fingerprint density at radius 3 is 2.69 bits per heavy atom. The van der Waals surface area contributed by atoms with Crippen LogP contribution in [0.2, 0.25) is 0 Å². The van der Waals surface area contributed by atoms with Gasteiger partial charge in [0, 0.05) is 18.7 Å². The summed E-state index contributed by atoms with van der Waals surface area (Å²) in [5.41, 5.74) is 6.69. The van der Waals surface area contributed by atoms with Gasteiger partial charge in [-0.15, -0.1) is 11.8 Å². The van der Waals surface area contributed by atoms with E-state index in [1.807, 2.05) is 6.07 Å². The first kappa shape index (κ1) is 12.8. The molecule has 0 bridgehead atoms. The maximum Gasteiger partial charge on any atom is 0.175 e. The summed E-state index contributed by atoms with van der Waals surface area (Å²) in [6.07, 6.45) is 1.72. The Balaban J connectivity index is 3.02. The fourth-order valence-corrected chi connectivity index (χ4v) is 1.98. The van der Waals surface area contributed by atoms with E-state index in [-0.39, 0.29) is 6.04 Å². The highest BCUT2D eigenvalue weighted by molar-refractivity contribution is 7.90. The van der Waals surface area contributed by atoms with Gasteiger partial charge in [0.1, 0.15) is 0 Å². The van der Waals surface area contributed by atoms with Crippen molar-refractivity contribution in [2.24, 2.45) is 5.73 Å². The fraction of sp³-hybridized carbons (Fsp3) is 0.333. The third-order valence-electron chi connectivity index (χ3n) is 2.21. The maximum atomic E-state index is 11.4. The lowest BCUT2D eigenvalue weighted by Crippen LogP contribution is -2.10. The molecule has 1 atom stereocenters. The molecule has 1 rings (SSSR count). The minimum atomic E-state index is -3.17. The Morgan fingerprint density at radius 2 is 2.12 bits per heavy atom. The standard InChI is InChI=1S/C12H15NO2S/c1-3-4-8-12(13)10-6-5-7-11(9-10)16(2,14)15/h5-7,9,12H,8,13H2,1-2H3. The zero-order chi connectivity index (χ0) is 12.2. The number of sulfone groups is 1. The largest absolute Gasteiger partial charge is 0.323 e. The second-order valence-corrected chi connectivity index (χ2v) is 5.60. The van der Waals surface area contributed by atoms with E-state index < -0.39 is 9.84 Å². The Bertz CT molecular complexity index is 523. The smallest absolute Gasteiger partial charge is 0.175 e. The van der Waals surface area contributed by atoms with Gasteiger partial charge in [0.2, 0.25) is 0 Å². The lowest BCUT2D eigenvalue weighted by Gasteiger charge is -2.09. The molecule has 0 aromatic heterocycles. The first-order chi connectivity index (χ1) is 7.45. The first-order valence-electron chi connectivity index (χ1n) is 4.90. The molecule has 1 unspecified atom stereocenters. The zero-order valence-corrected chi connectivity index (χ0v) is 10.2. The first-order valence-corrected chi connectivity index (χ1v) is 6.79. The number of hydrogen-bond donors (Lipinski definition) is 1. The van der Waals surface area contributed by atoms with Crippen molar-refractivity contribution in [2.75, 3.05) is 6.26 Å². The van der Waals surface area contributed by atoms with Gasteiger partial charge >= 0.3 is 0 Å². The third-order valence-corrected chi connectivity index (χ3v) is 3.32. The van der Waals surface area contributed by atoms with Crippen LogP contribution in [0.25, 0.3) is 0 Å². The zero-order valence-electron chi connectivity index (χ0n) is 9.40. The van der Waals surface area contributed by atoms with Crippen molar-refractivity contribution < 1.29 is 8.42 Å². The van der Waals surface area contributed by atoms with Gasteiger partial charge in [-0.05, 0) is 24.6 Å². The van der Waals surface area contributed by atoms with Crippen LogP contribution in [-0.4, -0.2) is 14.7 Å². The SMILES string of the molecule is CC#CCC(N)c1cccc(S(C)(=O)=O)c1. The number of benzene rings is 1. The van der Waals surface area contributed by atoms with E-state index in [9.17, 15) is 8.42 Å². The number of hydrogen-bond acceptors (Lipinski definition) is 3. The van der Waals surface area contributed by atoms with Crippen molar-refractivity contribution in [1.29, 1.82) is 0 Å². The summed E-state index contributed by atoms with van der Waals surface area (Å²) in [5.74, 6) is 5.65. The Morgan fingerprint density at radius 1 is 1.44 bits per heavy atom. The fourth-order valence-electron chi connectivity index (χ4n) is 1.31. The summed E-state index contributed by atoms with van der Waals surface area (Å²) >= 11 is 0. The molecule has 0 spiro atoms. The molecule has 0 saturated heterocycles. The highest BCUT2D eigenvalue weighted by atomic mass is 32.2. The van der Waals surface area contributed by atoms with Crippen LogP contribution in [0.4, 0.5) is 0 Å². The van der Waals surface area contributed by atoms with Gasteiger partial charge < -0.3 is 5.73 Å². The van der Waals surface area contributed by atoms with Crippen molar-refractivity contribution >= 4 is 9.84 Å². The lowest BCUT2D eigenvalue weighted by atomic mass is 10.1. The molecule has 1 aromatic carbocycles. The molecule has 4 heteroatoms. The predicted octanol–water partition coefficient (Wildman–Crippen LogP) is 1.50. The molecule has 0 radical (unpaired) electrons. The molecule has 1 aromatic rings. The van der Waals surface area contributed by atoms with Crippen molar-refractivity contribution in [1.82, 2.24) is 0 Å². The van der Waals surface area contributed by atoms with Crippen molar-refractivity contribution in [3.63, 3.8) is 0 Å². The normalized spacial score (nSPS) is 12.7. The monoisotopic (exact) mass is 237 g/mol. The minimum Gasteiger partial charge on any atom is -0.323 e. The average Bonchev–Trinajstić information content (AvgIpc) is 2.25. The van der Waals surface area contributed by atoms with Gasteiger partial charge in [-0.1, -0.05) is 12.1 Å². The topological polar surface area (TPSA) is 60.2 Å². The van der Waals surface area contributed by atoms with Crippen LogP contribution in [0.15, 0.2) is 29.2 Å². The number of rotatable bonds is 3. The summed E-state index contributed by atoms with van der Waals surface area (Å²) in [4.78, 5) is 0.296. The molecule has 0 amide bonds. The van der Waals surface area contributed by atoms with Crippen LogP contribution in [0.5, 0.6) is 0 Å². The van der Waals surface area contributed by atoms with E-state index in [4.69, 9.17) is 5.73 Å². The summed E-state index contributed by atoms with van der Waals surface area (Å²) in [6.45, 7) is 1.75. The van der Waals surface area contributed by atoms with E-state index in [0.717, 1.165) is 5.56 Å². The van der Waals surface area contributed by atoms with Crippen molar-refractivity contribution in [3.05, 3.63) is 29.8 Å². The van der Waals surface area contributed by atoms with Crippen LogP contribution in [-0.2, 0) is 9.84 Å². The third kappa shape index (κ3) is 3.37. The molecule has 2 N–H and O–H groups in total. The molecule has 86 valence electrons. The molecule has 0 aliphatic rings. The Labute approximate surface area is 96.6 Å². The Kier molecular flexibility index (Phi) is 4.11. The van der Waals surface area contributed by atoms with Gasteiger partial charge in [0.15, 0.2) is 9.84 Å². The lowest BCUT2D eigenvalue weighted by molar-refractivity contribution is 0.601. The van der Waals surface area contributed by atoms with Gasteiger partial charge in [0.05, 0.1) is 4.90 Å². The van der Waals surface area contributed by atoms with Crippen LogP contribution in [0.3, 0.4) is 0 Å². The predicted molar refractivity (Wildman–Crippen MR) is 64.5 cm³/mol. The van der Waals surface area contributed by atoms with Crippen molar-refractivity contribution in [3.8, 4) is 11.8 Å². The highest BCUT2D eigenvalue weighted by Gasteiger charge is 2.10. The van der Waals surface area contributed by atoms with Crippen LogP contribution < -0.4 is 5.73 Å². The van der Waals surface area contributed by atoms with Gasteiger partial charge in [-0.25, -0.2) is 8.42 Å². The molecule has 3 nitrogen and oxygen atoms in total. The van der Waals surface area contributed by atoms with E-state index in [0.29, 0.717) is 11.3 Å². The quantitative estimate of drug-likeness (QED) is 0.810. The molecule has 0 aliphatic heterocycles. The highest BCUT2D eigenvalue weighted by Crippen LogP contribution is 2.17.